The molecule has 0 saturated heterocycles. The van der Waals surface area contributed by atoms with Crippen LogP contribution < -0.4 is 9.47 Å². The number of ether oxygens (including phenoxy) is 2. The molecule has 3 nitrogen and oxygen atoms in total. The summed E-state index contributed by atoms with van der Waals surface area (Å²) in [5.74, 6) is 2.04. The fraction of sp³-hybridized carbons (Fsp3) is 0.350. The summed E-state index contributed by atoms with van der Waals surface area (Å²) in [4.78, 5) is 4.84. The summed E-state index contributed by atoms with van der Waals surface area (Å²) in [7, 11) is 3.34. The standard InChI is InChI=1S/C20H22ClNO2/c1-23-19-11-15-8-5-9-22-18(17(15)12-20(19)24-2)10-14-6-3-4-7-16(14)13-21/h3-4,6-7,11-12H,5,8-10,13H2,1-2H3. The summed E-state index contributed by atoms with van der Waals surface area (Å²) in [5, 5.41) is 0. The second kappa shape index (κ2) is 7.71. The van der Waals surface area contributed by atoms with E-state index in [-0.39, 0.29) is 0 Å². The summed E-state index contributed by atoms with van der Waals surface area (Å²) >= 11 is 6.09. The summed E-state index contributed by atoms with van der Waals surface area (Å²) in [6.07, 6.45) is 2.83. The second-order valence-electron chi connectivity index (χ2n) is 5.88. The van der Waals surface area contributed by atoms with Crippen LogP contribution in [0.25, 0.3) is 0 Å². The van der Waals surface area contributed by atoms with Crippen molar-refractivity contribution in [2.24, 2.45) is 4.99 Å². The summed E-state index contributed by atoms with van der Waals surface area (Å²) < 4.78 is 10.9. The van der Waals surface area contributed by atoms with E-state index in [0.717, 1.165) is 54.1 Å². The van der Waals surface area contributed by atoms with Crippen LogP contribution in [0.1, 0.15) is 28.7 Å². The molecule has 3 rings (SSSR count). The van der Waals surface area contributed by atoms with Gasteiger partial charge in [0, 0.05) is 30.1 Å². The van der Waals surface area contributed by atoms with E-state index in [0.29, 0.717) is 5.88 Å². The number of hydrogen-bond donors (Lipinski definition) is 0. The predicted octanol–water partition coefficient (Wildman–Crippen LogP) is 4.42. The second-order valence-corrected chi connectivity index (χ2v) is 6.14. The van der Waals surface area contributed by atoms with Gasteiger partial charge in [-0.05, 0) is 41.7 Å². The molecule has 0 N–H and O–H groups in total. The Morgan fingerprint density at radius 2 is 1.75 bits per heavy atom. The first kappa shape index (κ1) is 16.8. The predicted molar refractivity (Wildman–Crippen MR) is 99.0 cm³/mol. The van der Waals surface area contributed by atoms with Gasteiger partial charge in [-0.25, -0.2) is 0 Å². The third-order valence-corrected chi connectivity index (χ3v) is 4.74. The quantitative estimate of drug-likeness (QED) is 0.752. The largest absolute Gasteiger partial charge is 0.493 e. The highest BCUT2D eigenvalue weighted by Crippen LogP contribution is 2.33. The Hall–Kier alpha value is -2.00. The van der Waals surface area contributed by atoms with Crippen LogP contribution in [0.3, 0.4) is 0 Å². The van der Waals surface area contributed by atoms with Crippen LogP contribution in [0.15, 0.2) is 41.4 Å². The Balaban J connectivity index is 2.02. The third kappa shape index (κ3) is 3.41. The number of fused-ring (bicyclic) bond motifs is 1. The van der Waals surface area contributed by atoms with Gasteiger partial charge in [0.05, 0.1) is 14.2 Å². The van der Waals surface area contributed by atoms with Crippen LogP contribution in [0.2, 0.25) is 0 Å². The van der Waals surface area contributed by atoms with Gasteiger partial charge >= 0.3 is 0 Å². The van der Waals surface area contributed by atoms with E-state index in [1.165, 1.54) is 11.1 Å². The van der Waals surface area contributed by atoms with Gasteiger partial charge in [-0.2, -0.15) is 0 Å². The Morgan fingerprint density at radius 3 is 2.46 bits per heavy atom. The first-order valence-corrected chi connectivity index (χ1v) is 8.71. The van der Waals surface area contributed by atoms with E-state index in [2.05, 4.69) is 30.3 Å². The van der Waals surface area contributed by atoms with E-state index < -0.39 is 0 Å². The van der Waals surface area contributed by atoms with Crippen molar-refractivity contribution in [1.82, 2.24) is 0 Å². The molecule has 4 heteroatoms. The topological polar surface area (TPSA) is 30.8 Å². The van der Waals surface area contributed by atoms with Crippen LogP contribution in [0.5, 0.6) is 11.5 Å². The Morgan fingerprint density at radius 1 is 1.04 bits per heavy atom. The monoisotopic (exact) mass is 343 g/mol. The van der Waals surface area contributed by atoms with Gasteiger partial charge in [-0.3, -0.25) is 4.99 Å². The first-order chi connectivity index (χ1) is 11.8. The molecule has 0 radical (unpaired) electrons. The lowest BCUT2D eigenvalue weighted by molar-refractivity contribution is 0.354. The highest BCUT2D eigenvalue weighted by Gasteiger charge is 2.18. The molecule has 0 amide bonds. The van der Waals surface area contributed by atoms with Gasteiger partial charge in [0.25, 0.3) is 0 Å². The fourth-order valence-electron chi connectivity index (χ4n) is 3.16. The van der Waals surface area contributed by atoms with Crippen molar-refractivity contribution in [3.63, 3.8) is 0 Å². The molecule has 0 atom stereocenters. The van der Waals surface area contributed by atoms with Crippen molar-refractivity contribution in [3.05, 3.63) is 58.7 Å². The van der Waals surface area contributed by atoms with Crippen molar-refractivity contribution < 1.29 is 9.47 Å². The van der Waals surface area contributed by atoms with E-state index in [9.17, 15) is 0 Å². The number of alkyl halides is 1. The molecule has 0 unspecified atom stereocenters. The minimum atomic E-state index is 0.516. The number of methoxy groups -OCH3 is 2. The van der Waals surface area contributed by atoms with Crippen LogP contribution in [-0.2, 0) is 18.7 Å². The minimum Gasteiger partial charge on any atom is -0.493 e. The van der Waals surface area contributed by atoms with Gasteiger partial charge in [0.2, 0.25) is 0 Å². The summed E-state index contributed by atoms with van der Waals surface area (Å²) in [6.45, 7) is 0.845. The van der Waals surface area contributed by atoms with Gasteiger partial charge in [-0.1, -0.05) is 24.3 Å². The first-order valence-electron chi connectivity index (χ1n) is 8.18. The smallest absolute Gasteiger partial charge is 0.161 e. The van der Waals surface area contributed by atoms with Gasteiger partial charge in [-0.15, -0.1) is 11.6 Å². The van der Waals surface area contributed by atoms with E-state index in [4.69, 9.17) is 26.1 Å². The van der Waals surface area contributed by atoms with E-state index in [1.807, 2.05) is 6.07 Å². The molecular weight excluding hydrogens is 322 g/mol. The number of nitrogens with zero attached hydrogens (tertiary/aromatic N) is 1. The van der Waals surface area contributed by atoms with Gasteiger partial charge in [0.15, 0.2) is 11.5 Å². The molecule has 0 spiro atoms. The maximum Gasteiger partial charge on any atom is 0.161 e. The molecule has 1 heterocycles. The van der Waals surface area contributed by atoms with Crippen molar-refractivity contribution in [2.75, 3.05) is 20.8 Å². The normalized spacial score (nSPS) is 13.7. The van der Waals surface area contributed by atoms with Crippen LogP contribution in [0, 0.1) is 0 Å². The lowest BCUT2D eigenvalue weighted by Crippen LogP contribution is -2.10. The lowest BCUT2D eigenvalue weighted by Gasteiger charge is -2.15. The molecule has 0 aromatic heterocycles. The van der Waals surface area contributed by atoms with Crippen molar-refractivity contribution in [3.8, 4) is 11.5 Å². The summed E-state index contributed by atoms with van der Waals surface area (Å²) in [6, 6.07) is 12.4. The molecule has 1 aliphatic rings. The average Bonchev–Trinajstić information content (AvgIpc) is 2.82. The fourth-order valence-corrected chi connectivity index (χ4v) is 3.42. The molecule has 0 saturated carbocycles. The van der Waals surface area contributed by atoms with Crippen LogP contribution in [0.4, 0.5) is 0 Å². The number of aliphatic imine (C=N–C) groups is 1. The molecule has 126 valence electrons. The van der Waals surface area contributed by atoms with Crippen LogP contribution >= 0.6 is 11.6 Å². The molecule has 24 heavy (non-hydrogen) atoms. The van der Waals surface area contributed by atoms with Crippen molar-refractivity contribution in [1.29, 1.82) is 0 Å². The maximum atomic E-state index is 6.09. The summed E-state index contributed by atoms with van der Waals surface area (Å²) in [5.41, 5.74) is 5.92. The highest BCUT2D eigenvalue weighted by atomic mass is 35.5. The van der Waals surface area contributed by atoms with E-state index in [1.54, 1.807) is 14.2 Å². The number of halogens is 1. The number of rotatable bonds is 5. The molecule has 0 bridgehead atoms. The molecule has 2 aromatic rings. The number of aryl methyl sites for hydroxylation is 1. The van der Waals surface area contributed by atoms with E-state index >= 15 is 0 Å². The number of hydrogen-bond acceptors (Lipinski definition) is 3. The molecule has 0 aliphatic carbocycles. The Bertz CT molecular complexity index is 755. The highest BCUT2D eigenvalue weighted by molar-refractivity contribution is 6.17. The van der Waals surface area contributed by atoms with Gasteiger partial charge < -0.3 is 9.47 Å². The third-order valence-electron chi connectivity index (χ3n) is 4.45. The average molecular weight is 344 g/mol. The maximum absolute atomic E-state index is 6.09. The Kier molecular flexibility index (Phi) is 5.41. The SMILES string of the molecule is COc1cc2c(cc1OC)C(Cc1ccccc1CCl)=NCCC2. The zero-order chi connectivity index (χ0) is 16.9. The van der Waals surface area contributed by atoms with Crippen molar-refractivity contribution >= 4 is 17.3 Å². The molecular formula is C20H22ClNO2. The zero-order valence-corrected chi connectivity index (χ0v) is 14.9. The number of benzene rings is 2. The van der Waals surface area contributed by atoms with Crippen molar-refractivity contribution in [2.45, 2.75) is 25.1 Å². The molecule has 2 aromatic carbocycles. The van der Waals surface area contributed by atoms with Gasteiger partial charge in [0.1, 0.15) is 0 Å². The zero-order valence-electron chi connectivity index (χ0n) is 14.1. The molecule has 1 aliphatic heterocycles. The minimum absolute atomic E-state index is 0.516. The molecule has 0 fully saturated rings. The Labute approximate surface area is 148 Å². The van der Waals surface area contributed by atoms with Crippen LogP contribution in [-0.4, -0.2) is 26.5 Å². The lowest BCUT2D eigenvalue weighted by atomic mass is 9.94.